The average molecular weight is 559 g/mol. The highest BCUT2D eigenvalue weighted by Gasteiger charge is 2.40. The van der Waals surface area contributed by atoms with E-state index < -0.39 is 5.97 Å². The molecule has 2 heterocycles. The molecule has 0 bridgehead atoms. The number of esters is 2. The van der Waals surface area contributed by atoms with Crippen LogP contribution in [0.5, 0.6) is 17.2 Å². The van der Waals surface area contributed by atoms with Crippen LogP contribution in [0.3, 0.4) is 0 Å². The highest BCUT2D eigenvalue weighted by atomic mass is 35.5. The Hall–Kier alpha value is -3.30. The van der Waals surface area contributed by atoms with Crippen molar-refractivity contribution in [3.05, 3.63) is 46.0 Å². The van der Waals surface area contributed by atoms with Crippen LogP contribution in [0.4, 0.5) is 5.69 Å². The minimum Gasteiger partial charge on any atom is -0.496 e. The molecule has 2 aliphatic rings. The van der Waals surface area contributed by atoms with Gasteiger partial charge in [-0.05, 0) is 51.9 Å². The Balaban J connectivity index is 1.83. The van der Waals surface area contributed by atoms with Crippen molar-refractivity contribution >= 4 is 35.0 Å². The fraction of sp³-hybridized carbons (Fsp3) is 0.483. The van der Waals surface area contributed by atoms with Crippen LogP contribution < -0.4 is 19.1 Å². The molecule has 2 aromatic rings. The molecule has 210 valence electrons. The molecular formula is C29H35ClN2O7. The molecule has 0 N–H and O–H groups in total. The summed E-state index contributed by atoms with van der Waals surface area (Å²) in [6.45, 7) is 5.32. The Morgan fingerprint density at radius 1 is 1.03 bits per heavy atom. The first-order valence-electron chi connectivity index (χ1n) is 13.1. The van der Waals surface area contributed by atoms with Crippen LogP contribution in [0, 0.1) is 0 Å². The van der Waals surface area contributed by atoms with Crippen molar-refractivity contribution in [2.75, 3.05) is 52.4 Å². The van der Waals surface area contributed by atoms with Crippen molar-refractivity contribution in [1.82, 2.24) is 4.90 Å². The van der Waals surface area contributed by atoms with Crippen LogP contribution in [0.2, 0.25) is 5.02 Å². The molecule has 10 heteroatoms. The van der Waals surface area contributed by atoms with E-state index in [0.717, 1.165) is 31.6 Å². The number of likely N-dealkylation sites (tertiary alicyclic amines) is 1. The zero-order valence-corrected chi connectivity index (χ0v) is 23.8. The van der Waals surface area contributed by atoms with Gasteiger partial charge in [0.2, 0.25) is 0 Å². The fourth-order valence-electron chi connectivity index (χ4n) is 5.57. The molecule has 2 atom stereocenters. The highest BCUT2D eigenvalue weighted by molar-refractivity contribution is 6.36. The van der Waals surface area contributed by atoms with Gasteiger partial charge in [0.15, 0.2) is 11.5 Å². The molecule has 4 rings (SSSR count). The van der Waals surface area contributed by atoms with Crippen molar-refractivity contribution in [3.8, 4) is 17.2 Å². The van der Waals surface area contributed by atoms with Crippen LogP contribution in [0.25, 0.3) is 0 Å². The summed E-state index contributed by atoms with van der Waals surface area (Å²) in [5, 5.41) is 0.304. The van der Waals surface area contributed by atoms with Gasteiger partial charge >= 0.3 is 11.9 Å². The summed E-state index contributed by atoms with van der Waals surface area (Å²) in [6.07, 6.45) is 2.78. The Labute approximate surface area is 233 Å². The van der Waals surface area contributed by atoms with E-state index in [0.29, 0.717) is 29.3 Å². The molecule has 0 aromatic heterocycles. The maximum absolute atomic E-state index is 13.7. The molecular weight excluding hydrogens is 524 g/mol. The lowest BCUT2D eigenvalue weighted by Crippen LogP contribution is -2.34. The van der Waals surface area contributed by atoms with Gasteiger partial charge in [-0.3, -0.25) is 14.5 Å². The maximum Gasteiger partial charge on any atom is 0.345 e. The Morgan fingerprint density at radius 2 is 1.72 bits per heavy atom. The summed E-state index contributed by atoms with van der Waals surface area (Å²) in [7, 11) is 4.88. The van der Waals surface area contributed by atoms with E-state index in [1.807, 2.05) is 13.1 Å². The standard InChI is InChI=1S/C29H35ClN2O7/c1-17(33)25-23(36-4)15-24(37-5)26(19-11-14-31(3)22(19)16-38-18(2)34)28(25)39-29(35)20-9-8-10-21(27(20)30)32-12-6-7-13-32/h8-10,15,19,22H,6-7,11-14,16H2,1-5H3. The Morgan fingerprint density at radius 3 is 2.33 bits per heavy atom. The Kier molecular flexibility index (Phi) is 9.02. The number of likely N-dealkylation sites (N-methyl/N-ethyl adjacent to an activating group) is 1. The van der Waals surface area contributed by atoms with Gasteiger partial charge in [0.1, 0.15) is 23.7 Å². The van der Waals surface area contributed by atoms with Gasteiger partial charge in [-0.15, -0.1) is 0 Å². The first-order chi connectivity index (χ1) is 18.7. The van der Waals surface area contributed by atoms with Crippen molar-refractivity contribution in [1.29, 1.82) is 0 Å². The number of Topliss-reactive ketones (excluding diaryl/α,β-unsaturated/α-hetero) is 1. The molecule has 0 radical (unpaired) electrons. The second-order valence-electron chi connectivity index (χ2n) is 9.92. The van der Waals surface area contributed by atoms with Crippen molar-refractivity contribution < 1.29 is 33.3 Å². The summed E-state index contributed by atoms with van der Waals surface area (Å²) in [5.74, 6) is -0.974. The second kappa shape index (κ2) is 12.3. The number of carbonyl (C=O) groups excluding carboxylic acids is 3. The van der Waals surface area contributed by atoms with E-state index in [9.17, 15) is 14.4 Å². The fourth-order valence-corrected chi connectivity index (χ4v) is 5.89. The third-order valence-electron chi connectivity index (χ3n) is 7.53. The Bertz CT molecular complexity index is 1260. The van der Waals surface area contributed by atoms with Gasteiger partial charge in [-0.2, -0.15) is 0 Å². The number of rotatable bonds is 9. The van der Waals surface area contributed by atoms with E-state index in [4.69, 9.17) is 30.5 Å². The largest absolute Gasteiger partial charge is 0.496 e. The SMILES string of the molecule is COc1cc(OC)c(C2CCN(C)C2COC(C)=O)c(OC(=O)c2cccc(N3CCCC3)c2Cl)c1C(C)=O. The topological polar surface area (TPSA) is 94.6 Å². The molecule has 9 nitrogen and oxygen atoms in total. The summed E-state index contributed by atoms with van der Waals surface area (Å²) >= 11 is 6.74. The van der Waals surface area contributed by atoms with E-state index in [1.54, 1.807) is 18.2 Å². The van der Waals surface area contributed by atoms with Crippen LogP contribution in [-0.2, 0) is 9.53 Å². The summed E-state index contributed by atoms with van der Waals surface area (Å²) in [4.78, 5) is 42.5. The van der Waals surface area contributed by atoms with Gasteiger partial charge < -0.3 is 23.8 Å². The molecule has 0 spiro atoms. The van der Waals surface area contributed by atoms with Gasteiger partial charge in [0.25, 0.3) is 0 Å². The lowest BCUT2D eigenvalue weighted by atomic mass is 9.87. The monoisotopic (exact) mass is 558 g/mol. The van der Waals surface area contributed by atoms with Gasteiger partial charge in [-0.1, -0.05) is 17.7 Å². The molecule has 0 saturated carbocycles. The van der Waals surface area contributed by atoms with Crippen LogP contribution in [0.1, 0.15) is 65.3 Å². The second-order valence-corrected chi connectivity index (χ2v) is 10.3. The van der Waals surface area contributed by atoms with Crippen molar-refractivity contribution in [2.45, 2.75) is 45.1 Å². The number of carbonyl (C=O) groups is 3. The van der Waals surface area contributed by atoms with E-state index in [-0.39, 0.29) is 52.9 Å². The summed E-state index contributed by atoms with van der Waals surface area (Å²) < 4.78 is 22.7. The predicted molar refractivity (Wildman–Crippen MR) is 148 cm³/mol. The van der Waals surface area contributed by atoms with Gasteiger partial charge in [0, 0.05) is 37.6 Å². The van der Waals surface area contributed by atoms with Gasteiger partial charge in [-0.25, -0.2) is 4.79 Å². The van der Waals surface area contributed by atoms with Crippen LogP contribution >= 0.6 is 11.6 Å². The van der Waals surface area contributed by atoms with E-state index in [2.05, 4.69) is 9.80 Å². The molecule has 2 fully saturated rings. The summed E-state index contributed by atoms with van der Waals surface area (Å²) in [6, 6.07) is 6.68. The number of ether oxygens (including phenoxy) is 4. The molecule has 0 amide bonds. The molecule has 2 saturated heterocycles. The first kappa shape index (κ1) is 28.7. The number of benzene rings is 2. The quantitative estimate of drug-likeness (QED) is 0.246. The first-order valence-corrected chi connectivity index (χ1v) is 13.4. The minimum absolute atomic E-state index is 0.0690. The lowest BCUT2D eigenvalue weighted by molar-refractivity contribution is -0.142. The predicted octanol–water partition coefficient (Wildman–Crippen LogP) is 4.73. The third-order valence-corrected chi connectivity index (χ3v) is 7.93. The molecule has 2 aromatic carbocycles. The number of nitrogens with zero attached hydrogens (tertiary/aromatic N) is 2. The number of halogens is 1. The average Bonchev–Trinajstić information content (AvgIpc) is 3.56. The molecule has 39 heavy (non-hydrogen) atoms. The number of hydrogen-bond acceptors (Lipinski definition) is 9. The van der Waals surface area contributed by atoms with E-state index in [1.165, 1.54) is 28.1 Å². The minimum atomic E-state index is -0.692. The van der Waals surface area contributed by atoms with Crippen LogP contribution in [-0.4, -0.2) is 76.2 Å². The molecule has 2 aliphatic heterocycles. The van der Waals surface area contributed by atoms with Crippen LogP contribution in [0.15, 0.2) is 24.3 Å². The normalized spacial score (nSPS) is 19.2. The highest BCUT2D eigenvalue weighted by Crippen LogP contribution is 2.48. The number of ketones is 1. The van der Waals surface area contributed by atoms with Gasteiger partial charge in [0.05, 0.1) is 36.5 Å². The lowest BCUT2D eigenvalue weighted by Gasteiger charge is -2.28. The third kappa shape index (κ3) is 5.84. The molecule has 0 aliphatic carbocycles. The zero-order chi connectivity index (χ0) is 28.3. The van der Waals surface area contributed by atoms with Crippen molar-refractivity contribution in [2.24, 2.45) is 0 Å². The zero-order valence-electron chi connectivity index (χ0n) is 23.0. The van der Waals surface area contributed by atoms with Crippen molar-refractivity contribution in [3.63, 3.8) is 0 Å². The number of hydrogen-bond donors (Lipinski definition) is 0. The number of methoxy groups -OCH3 is 2. The molecule has 2 unspecified atom stereocenters. The number of anilines is 1. The smallest absolute Gasteiger partial charge is 0.345 e. The van der Waals surface area contributed by atoms with E-state index >= 15 is 0 Å². The maximum atomic E-state index is 13.7. The summed E-state index contributed by atoms with van der Waals surface area (Å²) in [5.41, 5.74) is 1.65.